The Morgan fingerprint density at radius 3 is 2.83 bits per heavy atom. The Kier molecular flexibility index (Phi) is 5.84. The van der Waals surface area contributed by atoms with Gasteiger partial charge in [-0.05, 0) is 37.7 Å². The number of halogens is 1. The smallest absolute Gasteiger partial charge is 0.140 e. The summed E-state index contributed by atoms with van der Waals surface area (Å²) in [5.74, 6) is 2.49. The summed E-state index contributed by atoms with van der Waals surface area (Å²) in [4.78, 5) is 11.2. The maximum absolute atomic E-state index is 11.4. The van der Waals surface area contributed by atoms with Crippen molar-refractivity contribution in [2.24, 2.45) is 5.92 Å². The number of nitrogens with zero attached hydrogens (tertiary/aromatic N) is 4. The lowest BCUT2D eigenvalue weighted by molar-refractivity contribution is 0.342. The third kappa shape index (κ3) is 4.19. The maximum Gasteiger partial charge on any atom is 0.140 e. The zero-order chi connectivity index (χ0) is 16.4. The predicted octanol–water partition coefficient (Wildman–Crippen LogP) is 3.49. The summed E-state index contributed by atoms with van der Waals surface area (Å²) >= 11 is 3.87. The number of anilines is 1. The molecule has 1 aromatic heterocycles. The van der Waals surface area contributed by atoms with Gasteiger partial charge in [-0.15, -0.1) is 0 Å². The third-order valence-electron chi connectivity index (χ3n) is 4.53. The Hall–Kier alpha value is -0.350. The molecule has 0 bridgehead atoms. The van der Waals surface area contributed by atoms with Crippen LogP contribution in [0.1, 0.15) is 31.2 Å². The van der Waals surface area contributed by atoms with E-state index in [0.717, 1.165) is 47.8 Å². The van der Waals surface area contributed by atoms with E-state index in [0.29, 0.717) is 12.0 Å². The van der Waals surface area contributed by atoms with Gasteiger partial charge in [0.15, 0.2) is 0 Å². The highest BCUT2D eigenvalue weighted by Crippen LogP contribution is 2.38. The second-order valence-electron chi connectivity index (χ2n) is 6.12. The van der Waals surface area contributed by atoms with Crippen LogP contribution < -0.4 is 4.90 Å². The van der Waals surface area contributed by atoms with Gasteiger partial charge in [0.25, 0.3) is 0 Å². The van der Waals surface area contributed by atoms with Gasteiger partial charge in [-0.25, -0.2) is 9.97 Å². The highest BCUT2D eigenvalue weighted by atomic mass is 127. The molecule has 5 nitrogen and oxygen atoms in total. The van der Waals surface area contributed by atoms with Gasteiger partial charge < -0.3 is 4.90 Å². The third-order valence-corrected chi connectivity index (χ3v) is 7.17. The first-order valence-electron chi connectivity index (χ1n) is 7.73. The zero-order valence-electron chi connectivity index (χ0n) is 13.3. The summed E-state index contributed by atoms with van der Waals surface area (Å²) in [6.45, 7) is 0. The van der Waals surface area contributed by atoms with Gasteiger partial charge in [0.2, 0.25) is 0 Å². The van der Waals surface area contributed by atoms with Crippen molar-refractivity contribution in [2.45, 2.75) is 36.8 Å². The van der Waals surface area contributed by atoms with Gasteiger partial charge in [0.1, 0.15) is 17.2 Å². The van der Waals surface area contributed by atoms with Crippen molar-refractivity contribution in [3.63, 3.8) is 0 Å². The second kappa shape index (κ2) is 7.69. The lowest BCUT2D eigenvalue weighted by atomic mass is 9.86. The highest BCUT2D eigenvalue weighted by Gasteiger charge is 2.27. The fourth-order valence-corrected chi connectivity index (χ4v) is 5.68. The standard InChI is InChI=1S/C15H21IN4OS2/c1-19(12-5-3-11(4-6-12)9-23(2)21)14-13-7-8-20(16)22-15(13)18-10-17-14/h7-8,10-12H,3-6,9H2,1-2H3. The summed E-state index contributed by atoms with van der Waals surface area (Å²) in [5, 5.41) is 1.01. The van der Waals surface area contributed by atoms with Crippen LogP contribution in [0.2, 0.25) is 0 Å². The lowest BCUT2D eigenvalue weighted by Gasteiger charge is -2.36. The van der Waals surface area contributed by atoms with Crippen molar-refractivity contribution in [3.05, 3.63) is 18.1 Å². The lowest BCUT2D eigenvalue weighted by Crippen LogP contribution is -2.37. The minimum absolute atomic E-state index is 0.506. The van der Waals surface area contributed by atoms with Gasteiger partial charge in [0.05, 0.1) is 28.4 Å². The molecule has 0 radical (unpaired) electrons. The number of aromatic nitrogens is 2. The van der Waals surface area contributed by atoms with E-state index in [1.165, 1.54) is 0 Å². The quantitative estimate of drug-likeness (QED) is 0.294. The van der Waals surface area contributed by atoms with Crippen molar-refractivity contribution in [3.8, 4) is 0 Å². The average Bonchev–Trinajstić information content (AvgIpc) is 2.53. The molecule has 126 valence electrons. The molecule has 0 saturated heterocycles. The Labute approximate surface area is 158 Å². The van der Waals surface area contributed by atoms with E-state index in [1.807, 2.05) is 15.0 Å². The van der Waals surface area contributed by atoms with Crippen LogP contribution in [0.25, 0.3) is 6.08 Å². The van der Waals surface area contributed by atoms with Crippen molar-refractivity contribution in [1.29, 1.82) is 0 Å². The molecule has 1 fully saturated rings. The van der Waals surface area contributed by atoms with E-state index in [-0.39, 0.29) is 0 Å². The maximum atomic E-state index is 11.4. The molecule has 23 heavy (non-hydrogen) atoms. The molecule has 0 N–H and O–H groups in total. The van der Waals surface area contributed by atoms with Crippen LogP contribution in [0.4, 0.5) is 5.82 Å². The highest BCUT2D eigenvalue weighted by molar-refractivity contribution is 14.1. The van der Waals surface area contributed by atoms with Gasteiger partial charge >= 0.3 is 0 Å². The number of fused-ring (bicyclic) bond motifs is 1. The molecule has 8 heteroatoms. The molecular formula is C15H21IN4OS2. The van der Waals surface area contributed by atoms with Crippen molar-refractivity contribution in [2.75, 3.05) is 24.0 Å². The number of rotatable bonds is 4. The fourth-order valence-electron chi connectivity index (χ4n) is 3.32. The first-order chi connectivity index (χ1) is 11.0. The molecule has 0 amide bonds. The Balaban J connectivity index is 1.71. The zero-order valence-corrected chi connectivity index (χ0v) is 17.1. The van der Waals surface area contributed by atoms with Gasteiger partial charge in [-0.3, -0.25) is 6.73 Å². The SMILES string of the molecule is CN(c1ncnc2c1C=CN(I)S2)C1CCC(CS(C)=O)CC1. The molecule has 0 aromatic carbocycles. The summed E-state index contributed by atoms with van der Waals surface area (Å²) < 4.78 is 13.4. The molecule has 1 aliphatic carbocycles. The van der Waals surface area contributed by atoms with Crippen LogP contribution in [-0.4, -0.2) is 41.8 Å². The number of hydrogen-bond acceptors (Lipinski definition) is 6. The Morgan fingerprint density at radius 1 is 1.39 bits per heavy atom. The van der Waals surface area contributed by atoms with E-state index in [1.54, 1.807) is 18.3 Å². The van der Waals surface area contributed by atoms with E-state index < -0.39 is 10.8 Å². The topological polar surface area (TPSA) is 49.3 Å². The van der Waals surface area contributed by atoms with Gasteiger partial charge in [-0.1, -0.05) is 0 Å². The molecule has 1 aliphatic heterocycles. The fraction of sp³-hybridized carbons (Fsp3) is 0.600. The predicted molar refractivity (Wildman–Crippen MR) is 106 cm³/mol. The minimum Gasteiger partial charge on any atom is -0.356 e. The first-order valence-corrected chi connectivity index (χ1v) is 11.2. The van der Waals surface area contributed by atoms with Crippen molar-refractivity contribution >= 4 is 57.5 Å². The van der Waals surface area contributed by atoms with Crippen LogP contribution >= 0.6 is 34.8 Å². The molecule has 1 aromatic rings. The summed E-state index contributed by atoms with van der Waals surface area (Å²) in [6, 6.07) is 0.506. The van der Waals surface area contributed by atoms with Crippen molar-refractivity contribution < 1.29 is 4.21 Å². The van der Waals surface area contributed by atoms with Gasteiger partial charge in [-0.2, -0.15) is 0 Å². The molecule has 3 rings (SSSR count). The van der Waals surface area contributed by atoms with E-state index in [4.69, 9.17) is 0 Å². The summed E-state index contributed by atoms with van der Waals surface area (Å²) in [5.41, 5.74) is 1.12. The van der Waals surface area contributed by atoms with Crippen LogP contribution in [0.15, 0.2) is 17.6 Å². The summed E-state index contributed by atoms with van der Waals surface area (Å²) in [7, 11) is 1.46. The molecule has 2 heterocycles. The van der Waals surface area contributed by atoms with E-state index >= 15 is 0 Å². The van der Waals surface area contributed by atoms with Crippen LogP contribution in [-0.2, 0) is 10.8 Å². The molecule has 1 atom stereocenters. The molecule has 0 spiro atoms. The largest absolute Gasteiger partial charge is 0.356 e. The van der Waals surface area contributed by atoms with Crippen molar-refractivity contribution in [1.82, 2.24) is 12.5 Å². The summed E-state index contributed by atoms with van der Waals surface area (Å²) in [6.07, 6.45) is 12.2. The van der Waals surface area contributed by atoms with Crippen LogP contribution in [0, 0.1) is 5.92 Å². The Bertz CT molecular complexity index is 619. The average molecular weight is 464 g/mol. The monoisotopic (exact) mass is 464 g/mol. The Morgan fingerprint density at radius 2 is 2.13 bits per heavy atom. The van der Waals surface area contributed by atoms with Gasteiger partial charge in [0, 0.05) is 54.0 Å². The molecule has 1 unspecified atom stereocenters. The first kappa shape index (κ1) is 17.5. The van der Waals surface area contributed by atoms with Crippen LogP contribution in [0.5, 0.6) is 0 Å². The van der Waals surface area contributed by atoms with E-state index in [9.17, 15) is 4.21 Å². The van der Waals surface area contributed by atoms with Crippen LogP contribution in [0.3, 0.4) is 0 Å². The minimum atomic E-state index is -0.678. The molecular weight excluding hydrogens is 443 g/mol. The normalized spacial score (nSPS) is 25.1. The number of hydrogen-bond donors (Lipinski definition) is 0. The molecule has 2 aliphatic rings. The van der Waals surface area contributed by atoms with E-state index in [2.05, 4.69) is 50.9 Å². The second-order valence-corrected chi connectivity index (χ2v) is 10.3. The molecule has 1 saturated carbocycles.